The predicted octanol–water partition coefficient (Wildman–Crippen LogP) is 1.70. The van der Waals surface area contributed by atoms with Crippen molar-refractivity contribution >= 4 is 29.3 Å². The average molecular weight is 333 g/mol. The number of carbonyl (C=O) groups is 1. The highest BCUT2D eigenvalue weighted by molar-refractivity contribution is 6.33. The van der Waals surface area contributed by atoms with Crippen LogP contribution in [0.5, 0.6) is 0 Å². The normalized spacial score (nSPS) is 17.8. The number of primary amides is 1. The molecule has 1 saturated heterocycles. The number of anilines is 2. The molecule has 7 nitrogen and oxygen atoms in total. The van der Waals surface area contributed by atoms with E-state index in [-0.39, 0.29) is 6.04 Å². The second kappa shape index (κ2) is 6.78. The van der Waals surface area contributed by atoms with E-state index in [1.807, 2.05) is 0 Å². The van der Waals surface area contributed by atoms with Crippen LogP contribution in [0.1, 0.15) is 23.2 Å². The van der Waals surface area contributed by atoms with E-state index >= 15 is 0 Å². The van der Waals surface area contributed by atoms with Gasteiger partial charge in [0.2, 0.25) is 11.9 Å². The van der Waals surface area contributed by atoms with E-state index in [1.54, 1.807) is 18.5 Å². The summed E-state index contributed by atoms with van der Waals surface area (Å²) in [6.07, 6.45) is 6.92. The molecule has 1 aliphatic heterocycles. The van der Waals surface area contributed by atoms with Crippen LogP contribution in [0.2, 0.25) is 5.02 Å². The van der Waals surface area contributed by atoms with Crippen molar-refractivity contribution in [1.29, 1.82) is 0 Å². The van der Waals surface area contributed by atoms with Crippen LogP contribution in [0.15, 0.2) is 30.7 Å². The monoisotopic (exact) mass is 332 g/mol. The van der Waals surface area contributed by atoms with Crippen LogP contribution in [0.25, 0.3) is 0 Å². The first-order valence-electron chi connectivity index (χ1n) is 7.37. The number of nitrogens with two attached hydrogens (primary N) is 1. The van der Waals surface area contributed by atoms with Crippen molar-refractivity contribution in [3.63, 3.8) is 0 Å². The third-order valence-corrected chi connectivity index (χ3v) is 4.01. The van der Waals surface area contributed by atoms with Gasteiger partial charge in [-0.3, -0.25) is 4.79 Å². The molecule has 3 heterocycles. The highest BCUT2D eigenvalue weighted by Crippen LogP contribution is 2.24. The Bertz CT molecular complexity index is 696. The zero-order valence-corrected chi connectivity index (χ0v) is 13.2. The van der Waals surface area contributed by atoms with E-state index in [0.717, 1.165) is 31.9 Å². The predicted molar refractivity (Wildman–Crippen MR) is 88.7 cm³/mol. The number of halogens is 1. The lowest BCUT2D eigenvalue weighted by Crippen LogP contribution is -2.43. The number of nitrogens with zero attached hydrogens (tertiary/aromatic N) is 4. The number of pyridine rings is 1. The summed E-state index contributed by atoms with van der Waals surface area (Å²) in [6, 6.07) is 3.50. The molecule has 3 N–H and O–H groups in total. The summed E-state index contributed by atoms with van der Waals surface area (Å²) in [5.74, 6) is 0.732. The van der Waals surface area contributed by atoms with Gasteiger partial charge in [-0.1, -0.05) is 11.6 Å². The number of rotatable bonds is 4. The van der Waals surface area contributed by atoms with Gasteiger partial charge in [0, 0.05) is 37.7 Å². The van der Waals surface area contributed by atoms with E-state index in [1.165, 1.54) is 12.3 Å². The van der Waals surface area contributed by atoms with Crippen molar-refractivity contribution in [1.82, 2.24) is 15.0 Å². The largest absolute Gasteiger partial charge is 0.366 e. The van der Waals surface area contributed by atoms with E-state index in [2.05, 4.69) is 25.2 Å². The quantitative estimate of drug-likeness (QED) is 0.884. The summed E-state index contributed by atoms with van der Waals surface area (Å²) in [5, 5.41) is 3.71. The van der Waals surface area contributed by atoms with Gasteiger partial charge in [0.25, 0.3) is 0 Å². The molecule has 0 aromatic carbocycles. The molecule has 1 amide bonds. The van der Waals surface area contributed by atoms with Crippen molar-refractivity contribution in [2.75, 3.05) is 23.3 Å². The van der Waals surface area contributed by atoms with Crippen LogP contribution >= 0.6 is 11.6 Å². The Morgan fingerprint density at radius 2 is 2.13 bits per heavy atom. The first kappa shape index (κ1) is 15.5. The standard InChI is InChI=1S/C15H17ClN6O/c16-12-7-10(13(17)23)8-20-14(12)21-11-3-1-6-22(9-11)15-18-4-2-5-19-15/h2,4-5,7-8,11H,1,3,6,9H2,(H2,17,23)(H,20,21). The molecular weight excluding hydrogens is 316 g/mol. The molecule has 3 rings (SSSR count). The Labute approximate surface area is 138 Å². The number of hydrogen-bond donors (Lipinski definition) is 2. The third kappa shape index (κ3) is 3.68. The molecule has 23 heavy (non-hydrogen) atoms. The van der Waals surface area contributed by atoms with Crippen molar-refractivity contribution < 1.29 is 4.79 Å². The lowest BCUT2D eigenvalue weighted by molar-refractivity contribution is 0.1000. The van der Waals surface area contributed by atoms with Crippen molar-refractivity contribution in [3.05, 3.63) is 41.3 Å². The third-order valence-electron chi connectivity index (χ3n) is 3.72. The molecule has 0 spiro atoms. The fourth-order valence-electron chi connectivity index (χ4n) is 2.60. The molecule has 1 unspecified atom stereocenters. The van der Waals surface area contributed by atoms with Crippen molar-refractivity contribution in [2.45, 2.75) is 18.9 Å². The summed E-state index contributed by atoms with van der Waals surface area (Å²) in [4.78, 5) is 26.0. The van der Waals surface area contributed by atoms with Gasteiger partial charge in [-0.05, 0) is 25.0 Å². The highest BCUT2D eigenvalue weighted by Gasteiger charge is 2.22. The Morgan fingerprint density at radius 3 is 2.83 bits per heavy atom. The van der Waals surface area contributed by atoms with Gasteiger partial charge < -0.3 is 16.0 Å². The van der Waals surface area contributed by atoms with Gasteiger partial charge in [0.15, 0.2) is 0 Å². The Balaban J connectivity index is 1.69. The number of carbonyl (C=O) groups excluding carboxylic acids is 1. The summed E-state index contributed by atoms with van der Waals surface area (Å²) < 4.78 is 0. The maximum atomic E-state index is 11.1. The van der Waals surface area contributed by atoms with E-state index in [9.17, 15) is 4.79 Å². The summed E-state index contributed by atoms with van der Waals surface area (Å²) in [6.45, 7) is 1.68. The second-order valence-corrected chi connectivity index (χ2v) is 5.80. The summed E-state index contributed by atoms with van der Waals surface area (Å²) >= 11 is 6.18. The fourth-order valence-corrected chi connectivity index (χ4v) is 2.82. The lowest BCUT2D eigenvalue weighted by Gasteiger charge is -2.33. The maximum absolute atomic E-state index is 11.1. The number of piperidine rings is 1. The molecule has 0 aliphatic carbocycles. The zero-order valence-electron chi connectivity index (χ0n) is 12.4. The smallest absolute Gasteiger partial charge is 0.250 e. The second-order valence-electron chi connectivity index (χ2n) is 5.40. The molecule has 0 saturated carbocycles. The fraction of sp³-hybridized carbons (Fsp3) is 0.333. The number of hydrogen-bond acceptors (Lipinski definition) is 6. The molecule has 1 atom stereocenters. The SMILES string of the molecule is NC(=O)c1cnc(NC2CCCN(c3ncccn3)C2)c(Cl)c1. The number of aromatic nitrogens is 3. The molecule has 8 heteroatoms. The van der Waals surface area contributed by atoms with Crippen LogP contribution in [0.3, 0.4) is 0 Å². The van der Waals surface area contributed by atoms with Gasteiger partial charge in [-0.25, -0.2) is 15.0 Å². The van der Waals surface area contributed by atoms with Gasteiger partial charge in [0.1, 0.15) is 5.82 Å². The minimum Gasteiger partial charge on any atom is -0.366 e. The van der Waals surface area contributed by atoms with Gasteiger partial charge in [-0.15, -0.1) is 0 Å². The Morgan fingerprint density at radius 1 is 1.35 bits per heavy atom. The molecule has 120 valence electrons. The zero-order chi connectivity index (χ0) is 16.2. The molecule has 0 bridgehead atoms. The van der Waals surface area contributed by atoms with E-state index < -0.39 is 5.91 Å². The minimum atomic E-state index is -0.545. The minimum absolute atomic E-state index is 0.178. The Hall–Kier alpha value is -2.41. The maximum Gasteiger partial charge on any atom is 0.250 e. The highest BCUT2D eigenvalue weighted by atomic mass is 35.5. The first-order valence-corrected chi connectivity index (χ1v) is 7.75. The van der Waals surface area contributed by atoms with Crippen molar-refractivity contribution in [3.8, 4) is 0 Å². The van der Waals surface area contributed by atoms with Crippen LogP contribution in [0.4, 0.5) is 11.8 Å². The van der Waals surface area contributed by atoms with Crippen LogP contribution in [0, 0.1) is 0 Å². The lowest BCUT2D eigenvalue weighted by atomic mass is 10.1. The number of nitrogens with one attached hydrogen (secondary N) is 1. The van der Waals surface area contributed by atoms with Crippen LogP contribution < -0.4 is 16.0 Å². The molecular formula is C15H17ClN6O. The van der Waals surface area contributed by atoms with Gasteiger partial charge in [-0.2, -0.15) is 0 Å². The first-order chi connectivity index (χ1) is 11.1. The topological polar surface area (TPSA) is 97.0 Å². The van der Waals surface area contributed by atoms with Crippen LogP contribution in [-0.2, 0) is 0 Å². The molecule has 1 aliphatic rings. The van der Waals surface area contributed by atoms with Crippen molar-refractivity contribution in [2.24, 2.45) is 5.73 Å². The van der Waals surface area contributed by atoms with Gasteiger partial charge >= 0.3 is 0 Å². The average Bonchev–Trinajstić information content (AvgIpc) is 2.57. The summed E-state index contributed by atoms with van der Waals surface area (Å²) in [7, 11) is 0. The van der Waals surface area contributed by atoms with E-state index in [4.69, 9.17) is 17.3 Å². The Kier molecular flexibility index (Phi) is 4.57. The number of amides is 1. The molecule has 2 aromatic heterocycles. The van der Waals surface area contributed by atoms with E-state index in [0.29, 0.717) is 16.4 Å². The molecule has 1 fully saturated rings. The molecule has 0 radical (unpaired) electrons. The van der Waals surface area contributed by atoms with Crippen LogP contribution in [-0.4, -0.2) is 40.0 Å². The summed E-state index contributed by atoms with van der Waals surface area (Å²) in [5.41, 5.74) is 5.52. The van der Waals surface area contributed by atoms with Gasteiger partial charge in [0.05, 0.1) is 10.6 Å². The molecule has 2 aromatic rings.